The lowest BCUT2D eigenvalue weighted by molar-refractivity contribution is -0.121. The van der Waals surface area contributed by atoms with Crippen LogP contribution in [0.2, 0.25) is 0 Å². The van der Waals surface area contributed by atoms with E-state index < -0.39 is 0 Å². The summed E-state index contributed by atoms with van der Waals surface area (Å²) in [4.78, 5) is 21.6. The lowest BCUT2D eigenvalue weighted by atomic mass is 10.1. The third-order valence-electron chi connectivity index (χ3n) is 5.31. The number of carbonyl (C=O) groups is 1. The van der Waals surface area contributed by atoms with E-state index in [4.69, 9.17) is 4.98 Å². The third-order valence-corrected chi connectivity index (χ3v) is 5.31. The number of amides is 1. The molecule has 5 heteroatoms. The third kappa shape index (κ3) is 4.74. The fraction of sp³-hybridized carbons (Fsp3) is 0.240. The number of hydrogen-bond donors (Lipinski definition) is 1. The maximum absolute atomic E-state index is 12.3. The standard InChI is InChI=1S/C25H26N4O/c1-19-9-5-6-12-21(19)17-27-24(30)15-7-14-23-28-22-13-8-16-26-25(22)29(23)18-20-10-3-2-4-11-20/h2-6,8-13,16H,7,14-15,17-18H2,1H3,(H,27,30). The number of pyridine rings is 1. The summed E-state index contributed by atoms with van der Waals surface area (Å²) in [7, 11) is 0. The molecule has 0 aliphatic rings. The van der Waals surface area contributed by atoms with Crippen molar-refractivity contribution in [1.82, 2.24) is 19.9 Å². The molecular formula is C25H26N4O. The highest BCUT2D eigenvalue weighted by atomic mass is 16.1. The first kappa shape index (κ1) is 19.8. The smallest absolute Gasteiger partial charge is 0.220 e. The van der Waals surface area contributed by atoms with Crippen LogP contribution in [0.5, 0.6) is 0 Å². The number of benzene rings is 2. The second-order valence-electron chi connectivity index (χ2n) is 7.50. The molecule has 152 valence electrons. The molecule has 0 atom stereocenters. The van der Waals surface area contributed by atoms with Crippen molar-refractivity contribution >= 4 is 17.1 Å². The minimum Gasteiger partial charge on any atom is -0.352 e. The maximum atomic E-state index is 12.3. The van der Waals surface area contributed by atoms with E-state index in [2.05, 4.69) is 46.1 Å². The van der Waals surface area contributed by atoms with Crippen LogP contribution in [-0.4, -0.2) is 20.4 Å². The molecule has 2 aromatic carbocycles. The van der Waals surface area contributed by atoms with Gasteiger partial charge in [-0.2, -0.15) is 0 Å². The number of aromatic nitrogens is 3. The van der Waals surface area contributed by atoms with Crippen LogP contribution in [0.25, 0.3) is 11.2 Å². The number of nitrogens with one attached hydrogen (secondary N) is 1. The van der Waals surface area contributed by atoms with E-state index in [1.807, 2.05) is 42.5 Å². The molecule has 4 aromatic rings. The van der Waals surface area contributed by atoms with E-state index in [0.717, 1.165) is 41.9 Å². The molecule has 1 N–H and O–H groups in total. The monoisotopic (exact) mass is 398 g/mol. The first-order valence-electron chi connectivity index (χ1n) is 10.4. The number of nitrogens with zero attached hydrogens (tertiary/aromatic N) is 3. The summed E-state index contributed by atoms with van der Waals surface area (Å²) >= 11 is 0. The van der Waals surface area contributed by atoms with E-state index in [0.29, 0.717) is 13.0 Å². The number of hydrogen-bond acceptors (Lipinski definition) is 3. The summed E-state index contributed by atoms with van der Waals surface area (Å²) in [5, 5.41) is 3.03. The van der Waals surface area contributed by atoms with Gasteiger partial charge in [0.2, 0.25) is 5.91 Å². The highest BCUT2D eigenvalue weighted by Crippen LogP contribution is 2.17. The number of aryl methyl sites for hydroxylation is 2. The van der Waals surface area contributed by atoms with Crippen LogP contribution >= 0.6 is 0 Å². The van der Waals surface area contributed by atoms with Crippen LogP contribution in [-0.2, 0) is 24.3 Å². The fourth-order valence-corrected chi connectivity index (χ4v) is 3.63. The van der Waals surface area contributed by atoms with Gasteiger partial charge in [-0.25, -0.2) is 9.97 Å². The molecule has 5 nitrogen and oxygen atoms in total. The Bertz CT molecular complexity index is 1130. The van der Waals surface area contributed by atoms with E-state index in [9.17, 15) is 4.79 Å². The number of carbonyl (C=O) groups excluding carboxylic acids is 1. The van der Waals surface area contributed by atoms with Crippen molar-refractivity contribution in [3.05, 3.63) is 95.4 Å². The Morgan fingerprint density at radius 3 is 2.63 bits per heavy atom. The second-order valence-corrected chi connectivity index (χ2v) is 7.50. The molecule has 4 rings (SSSR count). The molecule has 2 heterocycles. The van der Waals surface area contributed by atoms with Crippen molar-refractivity contribution < 1.29 is 4.79 Å². The molecule has 1 amide bonds. The molecule has 0 unspecified atom stereocenters. The van der Waals surface area contributed by atoms with Gasteiger partial charge in [0, 0.05) is 25.6 Å². The van der Waals surface area contributed by atoms with Gasteiger partial charge in [-0.05, 0) is 42.2 Å². The molecular weight excluding hydrogens is 372 g/mol. The Balaban J connectivity index is 1.39. The van der Waals surface area contributed by atoms with Crippen LogP contribution in [0.3, 0.4) is 0 Å². The Morgan fingerprint density at radius 2 is 1.80 bits per heavy atom. The lowest BCUT2D eigenvalue weighted by Crippen LogP contribution is -2.23. The molecule has 0 spiro atoms. The van der Waals surface area contributed by atoms with Gasteiger partial charge in [-0.3, -0.25) is 4.79 Å². The van der Waals surface area contributed by atoms with Gasteiger partial charge in [0.15, 0.2) is 5.65 Å². The highest BCUT2D eigenvalue weighted by molar-refractivity contribution is 5.76. The predicted molar refractivity (Wildman–Crippen MR) is 119 cm³/mol. The minimum atomic E-state index is 0.0714. The Morgan fingerprint density at radius 1 is 1.00 bits per heavy atom. The first-order valence-corrected chi connectivity index (χ1v) is 10.4. The van der Waals surface area contributed by atoms with Crippen molar-refractivity contribution in [1.29, 1.82) is 0 Å². The van der Waals surface area contributed by atoms with Crippen LogP contribution in [0.1, 0.15) is 35.4 Å². The molecule has 0 bridgehead atoms. The molecule has 0 saturated carbocycles. The average molecular weight is 399 g/mol. The summed E-state index contributed by atoms with van der Waals surface area (Å²) in [6.07, 6.45) is 3.76. The molecule has 30 heavy (non-hydrogen) atoms. The van der Waals surface area contributed by atoms with Gasteiger partial charge in [0.05, 0.1) is 6.54 Å². The molecule has 0 saturated heterocycles. The van der Waals surface area contributed by atoms with Gasteiger partial charge in [-0.1, -0.05) is 54.6 Å². The van der Waals surface area contributed by atoms with Crippen molar-refractivity contribution in [2.24, 2.45) is 0 Å². The number of imidazole rings is 1. The van der Waals surface area contributed by atoms with E-state index in [-0.39, 0.29) is 5.91 Å². The Hall–Kier alpha value is -3.47. The summed E-state index contributed by atoms with van der Waals surface area (Å²) in [5.41, 5.74) is 5.34. The molecule has 0 radical (unpaired) electrons. The summed E-state index contributed by atoms with van der Waals surface area (Å²) in [5.74, 6) is 1.04. The quantitative estimate of drug-likeness (QED) is 0.478. The first-order chi connectivity index (χ1) is 14.7. The van der Waals surface area contributed by atoms with E-state index in [1.54, 1.807) is 6.20 Å². The van der Waals surface area contributed by atoms with Crippen molar-refractivity contribution in [2.75, 3.05) is 0 Å². The molecule has 2 aromatic heterocycles. The minimum absolute atomic E-state index is 0.0714. The van der Waals surface area contributed by atoms with Gasteiger partial charge in [-0.15, -0.1) is 0 Å². The topological polar surface area (TPSA) is 59.8 Å². The number of rotatable bonds is 8. The highest BCUT2D eigenvalue weighted by Gasteiger charge is 2.13. The van der Waals surface area contributed by atoms with Crippen molar-refractivity contribution in [3.8, 4) is 0 Å². The van der Waals surface area contributed by atoms with Gasteiger partial charge in [0.1, 0.15) is 11.3 Å². The molecule has 0 aliphatic carbocycles. The zero-order valence-corrected chi connectivity index (χ0v) is 17.2. The largest absolute Gasteiger partial charge is 0.352 e. The molecule has 0 aliphatic heterocycles. The lowest BCUT2D eigenvalue weighted by Gasteiger charge is -2.10. The SMILES string of the molecule is Cc1ccccc1CNC(=O)CCCc1nc2cccnc2n1Cc1ccccc1. The molecule has 0 fully saturated rings. The van der Waals surface area contributed by atoms with Gasteiger partial charge in [0.25, 0.3) is 0 Å². The summed E-state index contributed by atoms with van der Waals surface area (Å²) in [6, 6.07) is 22.3. The van der Waals surface area contributed by atoms with Crippen molar-refractivity contribution in [3.63, 3.8) is 0 Å². The zero-order chi connectivity index (χ0) is 20.8. The maximum Gasteiger partial charge on any atom is 0.220 e. The summed E-state index contributed by atoms with van der Waals surface area (Å²) in [6.45, 7) is 3.36. The summed E-state index contributed by atoms with van der Waals surface area (Å²) < 4.78 is 2.16. The van der Waals surface area contributed by atoms with Crippen molar-refractivity contribution in [2.45, 2.75) is 39.3 Å². The predicted octanol–water partition coefficient (Wildman–Crippen LogP) is 4.43. The normalized spacial score (nSPS) is 11.0. The van der Waals surface area contributed by atoms with Crippen LogP contribution in [0, 0.1) is 6.92 Å². The van der Waals surface area contributed by atoms with Gasteiger partial charge < -0.3 is 9.88 Å². The van der Waals surface area contributed by atoms with Crippen LogP contribution < -0.4 is 5.32 Å². The van der Waals surface area contributed by atoms with E-state index >= 15 is 0 Å². The average Bonchev–Trinajstić information content (AvgIpc) is 3.11. The van der Waals surface area contributed by atoms with Crippen LogP contribution in [0.4, 0.5) is 0 Å². The van der Waals surface area contributed by atoms with Crippen LogP contribution in [0.15, 0.2) is 72.9 Å². The van der Waals surface area contributed by atoms with E-state index in [1.165, 1.54) is 11.1 Å². The zero-order valence-electron chi connectivity index (χ0n) is 17.2. The Kier molecular flexibility index (Phi) is 6.18. The second kappa shape index (κ2) is 9.35. The Labute approximate surface area is 176 Å². The fourth-order valence-electron chi connectivity index (χ4n) is 3.63. The number of fused-ring (bicyclic) bond motifs is 1. The van der Waals surface area contributed by atoms with Gasteiger partial charge >= 0.3 is 0 Å².